The van der Waals surface area contributed by atoms with E-state index < -0.39 is 5.54 Å². The van der Waals surface area contributed by atoms with E-state index in [0.717, 1.165) is 16.8 Å². The van der Waals surface area contributed by atoms with Gasteiger partial charge >= 0.3 is 0 Å². The molecule has 0 radical (unpaired) electrons. The molecule has 0 atom stereocenters. The number of nitrogens with zero attached hydrogens (tertiary/aromatic N) is 2. The molecule has 0 aliphatic carbocycles. The van der Waals surface area contributed by atoms with Crippen molar-refractivity contribution in [2.75, 3.05) is 0 Å². The molecule has 4 nitrogen and oxygen atoms in total. The van der Waals surface area contributed by atoms with Crippen LogP contribution in [-0.4, -0.2) is 9.78 Å². The van der Waals surface area contributed by atoms with Gasteiger partial charge in [-0.1, -0.05) is 23.8 Å². The second kappa shape index (κ2) is 4.87. The van der Waals surface area contributed by atoms with Crippen molar-refractivity contribution in [1.29, 1.82) is 0 Å². The van der Waals surface area contributed by atoms with Crippen molar-refractivity contribution in [2.24, 2.45) is 12.8 Å². The van der Waals surface area contributed by atoms with Gasteiger partial charge < -0.3 is 5.73 Å². The maximum atomic E-state index is 12.2. The predicted molar refractivity (Wildman–Crippen MR) is 81.6 cm³/mol. The molecule has 0 aliphatic rings. The van der Waals surface area contributed by atoms with Gasteiger partial charge in [0.25, 0.3) is 5.56 Å². The van der Waals surface area contributed by atoms with Crippen LogP contribution in [0.2, 0.25) is 0 Å². The number of benzene rings is 1. The van der Waals surface area contributed by atoms with Gasteiger partial charge in [0.15, 0.2) is 0 Å². The average molecular weight is 271 g/mol. The lowest BCUT2D eigenvalue weighted by Gasteiger charge is -2.20. The van der Waals surface area contributed by atoms with Gasteiger partial charge in [-0.05, 0) is 39.3 Å². The normalized spacial score (nSPS) is 11.7. The first-order valence-electron chi connectivity index (χ1n) is 6.65. The van der Waals surface area contributed by atoms with Crippen LogP contribution in [0.5, 0.6) is 0 Å². The summed E-state index contributed by atoms with van der Waals surface area (Å²) in [6, 6.07) is 7.99. The molecule has 1 heterocycles. The molecule has 4 heteroatoms. The fourth-order valence-electron chi connectivity index (χ4n) is 2.30. The quantitative estimate of drug-likeness (QED) is 0.911. The van der Waals surface area contributed by atoms with Crippen LogP contribution in [0, 0.1) is 13.8 Å². The Balaban J connectivity index is 2.70. The van der Waals surface area contributed by atoms with Crippen LogP contribution < -0.4 is 11.3 Å². The van der Waals surface area contributed by atoms with E-state index in [1.165, 1.54) is 10.2 Å². The molecule has 0 spiro atoms. The lowest BCUT2D eigenvalue weighted by Crippen LogP contribution is -2.38. The second-order valence-corrected chi connectivity index (χ2v) is 5.91. The topological polar surface area (TPSA) is 60.9 Å². The summed E-state index contributed by atoms with van der Waals surface area (Å²) < 4.78 is 1.36. The van der Waals surface area contributed by atoms with Gasteiger partial charge in [-0.15, -0.1) is 0 Å². The first-order valence-corrected chi connectivity index (χ1v) is 6.65. The van der Waals surface area contributed by atoms with Crippen LogP contribution in [0.1, 0.15) is 30.5 Å². The van der Waals surface area contributed by atoms with Crippen molar-refractivity contribution < 1.29 is 0 Å². The number of aromatic nitrogens is 2. The Morgan fingerprint density at radius 3 is 2.40 bits per heavy atom. The van der Waals surface area contributed by atoms with E-state index >= 15 is 0 Å². The first-order chi connectivity index (χ1) is 9.20. The Hall–Kier alpha value is -1.94. The highest BCUT2D eigenvalue weighted by atomic mass is 16.1. The van der Waals surface area contributed by atoms with E-state index in [-0.39, 0.29) is 5.56 Å². The van der Waals surface area contributed by atoms with Crippen LogP contribution in [0.25, 0.3) is 11.3 Å². The average Bonchev–Trinajstić information content (AvgIpc) is 2.31. The molecular weight excluding hydrogens is 250 g/mol. The lowest BCUT2D eigenvalue weighted by atomic mass is 9.94. The number of aryl methyl sites for hydroxylation is 3. The molecule has 0 saturated carbocycles. The highest BCUT2D eigenvalue weighted by Gasteiger charge is 2.21. The molecule has 0 aliphatic heterocycles. The number of hydrogen-bond donors (Lipinski definition) is 1. The monoisotopic (exact) mass is 271 g/mol. The number of rotatable bonds is 2. The zero-order valence-corrected chi connectivity index (χ0v) is 12.7. The summed E-state index contributed by atoms with van der Waals surface area (Å²) in [7, 11) is 1.66. The van der Waals surface area contributed by atoms with Gasteiger partial charge in [-0.3, -0.25) is 4.79 Å². The van der Waals surface area contributed by atoms with E-state index in [1.807, 2.05) is 32.9 Å². The minimum absolute atomic E-state index is 0.147. The Kier molecular flexibility index (Phi) is 3.52. The molecule has 2 N–H and O–H groups in total. The highest BCUT2D eigenvalue weighted by Crippen LogP contribution is 2.24. The molecule has 2 rings (SSSR count). The van der Waals surface area contributed by atoms with Crippen LogP contribution in [0.15, 0.2) is 29.1 Å². The molecular formula is C16H21N3O. The van der Waals surface area contributed by atoms with Crippen molar-refractivity contribution in [3.8, 4) is 11.3 Å². The molecule has 1 aromatic heterocycles. The van der Waals surface area contributed by atoms with Crippen molar-refractivity contribution in [3.63, 3.8) is 0 Å². The molecule has 0 unspecified atom stereocenters. The molecule has 0 fully saturated rings. The van der Waals surface area contributed by atoms with Crippen LogP contribution in [0.4, 0.5) is 0 Å². The first kappa shape index (κ1) is 14.5. The third-order valence-electron chi connectivity index (χ3n) is 3.42. The maximum absolute atomic E-state index is 12.2. The lowest BCUT2D eigenvalue weighted by molar-refractivity contribution is 0.531. The molecule has 1 aromatic carbocycles. The van der Waals surface area contributed by atoms with Gasteiger partial charge in [0.05, 0.1) is 5.69 Å². The van der Waals surface area contributed by atoms with Crippen LogP contribution in [0.3, 0.4) is 0 Å². The number of nitrogens with two attached hydrogens (primary N) is 1. The van der Waals surface area contributed by atoms with Gasteiger partial charge in [-0.25, -0.2) is 4.68 Å². The van der Waals surface area contributed by atoms with Gasteiger partial charge in [0, 0.05) is 23.7 Å². The molecule has 106 valence electrons. The minimum atomic E-state index is -0.689. The molecule has 0 saturated heterocycles. The third-order valence-corrected chi connectivity index (χ3v) is 3.42. The SMILES string of the molecule is Cc1ccc(-c2cc(C(C)(C)N)c(=O)n(C)n2)c(C)c1. The Morgan fingerprint density at radius 1 is 1.20 bits per heavy atom. The van der Waals surface area contributed by atoms with Gasteiger partial charge in [0.2, 0.25) is 0 Å². The fourth-order valence-corrected chi connectivity index (χ4v) is 2.30. The van der Waals surface area contributed by atoms with Crippen molar-refractivity contribution in [1.82, 2.24) is 9.78 Å². The Labute approximate surface area is 119 Å². The summed E-state index contributed by atoms with van der Waals surface area (Å²) in [5, 5.41) is 4.36. The fraction of sp³-hybridized carbons (Fsp3) is 0.375. The minimum Gasteiger partial charge on any atom is -0.322 e. The summed E-state index contributed by atoms with van der Waals surface area (Å²) >= 11 is 0. The van der Waals surface area contributed by atoms with Crippen molar-refractivity contribution in [3.05, 3.63) is 51.3 Å². The van der Waals surface area contributed by atoms with Crippen molar-refractivity contribution >= 4 is 0 Å². The van der Waals surface area contributed by atoms with E-state index in [0.29, 0.717) is 5.56 Å². The maximum Gasteiger partial charge on any atom is 0.271 e. The molecule has 20 heavy (non-hydrogen) atoms. The van der Waals surface area contributed by atoms with E-state index in [1.54, 1.807) is 13.1 Å². The highest BCUT2D eigenvalue weighted by molar-refractivity contribution is 5.64. The summed E-state index contributed by atoms with van der Waals surface area (Å²) in [6.07, 6.45) is 0. The summed E-state index contributed by atoms with van der Waals surface area (Å²) in [4.78, 5) is 12.2. The smallest absolute Gasteiger partial charge is 0.271 e. The molecule has 0 amide bonds. The molecule has 2 aromatic rings. The van der Waals surface area contributed by atoms with Crippen molar-refractivity contribution in [2.45, 2.75) is 33.2 Å². The second-order valence-electron chi connectivity index (χ2n) is 5.91. The predicted octanol–water partition coefficient (Wildman–Crippen LogP) is 2.26. The standard InChI is InChI=1S/C16H21N3O/c1-10-6-7-12(11(2)8-10)14-9-13(16(3,4)17)15(20)19(5)18-14/h6-9H,17H2,1-5H3. The van der Waals surface area contributed by atoms with Gasteiger partial charge in [0.1, 0.15) is 0 Å². The summed E-state index contributed by atoms with van der Waals surface area (Å²) in [5.74, 6) is 0. The summed E-state index contributed by atoms with van der Waals surface area (Å²) in [5.41, 5.74) is 9.97. The largest absolute Gasteiger partial charge is 0.322 e. The zero-order chi connectivity index (χ0) is 15.1. The van der Waals surface area contributed by atoms with E-state index in [2.05, 4.69) is 18.1 Å². The Bertz CT molecular complexity index is 709. The van der Waals surface area contributed by atoms with Crippen LogP contribution >= 0.6 is 0 Å². The van der Waals surface area contributed by atoms with E-state index in [4.69, 9.17) is 5.73 Å². The Morgan fingerprint density at radius 2 is 1.85 bits per heavy atom. The van der Waals surface area contributed by atoms with Gasteiger partial charge in [-0.2, -0.15) is 5.10 Å². The molecule has 0 bridgehead atoms. The third kappa shape index (κ3) is 2.65. The van der Waals surface area contributed by atoms with E-state index in [9.17, 15) is 4.79 Å². The van der Waals surface area contributed by atoms with Crippen LogP contribution in [-0.2, 0) is 12.6 Å². The zero-order valence-electron chi connectivity index (χ0n) is 12.7. The summed E-state index contributed by atoms with van der Waals surface area (Å²) in [6.45, 7) is 7.76. The number of hydrogen-bond acceptors (Lipinski definition) is 3.